The van der Waals surface area contributed by atoms with Gasteiger partial charge in [0.25, 0.3) is 6.43 Å². The minimum atomic E-state index is -2.35. The molecule has 0 aliphatic heterocycles. The maximum absolute atomic E-state index is 12.1. The van der Waals surface area contributed by atoms with Crippen molar-refractivity contribution in [2.45, 2.75) is 60.4 Å². The van der Waals surface area contributed by atoms with Gasteiger partial charge < -0.3 is 5.32 Å². The number of halogens is 2. The van der Waals surface area contributed by atoms with Crippen molar-refractivity contribution in [2.75, 3.05) is 0 Å². The number of nitrogens with one attached hydrogen (secondary N) is 1. The van der Waals surface area contributed by atoms with Crippen LogP contribution in [0.25, 0.3) is 0 Å². The molecule has 0 atom stereocenters. The van der Waals surface area contributed by atoms with Crippen LogP contribution in [0.15, 0.2) is 18.2 Å². The Balaban J connectivity index is 0. The Morgan fingerprint density at radius 1 is 1.10 bits per heavy atom. The summed E-state index contributed by atoms with van der Waals surface area (Å²) < 4.78 is 24.2. The van der Waals surface area contributed by atoms with Crippen LogP contribution in [0.1, 0.15) is 57.7 Å². The van der Waals surface area contributed by atoms with Gasteiger partial charge in [-0.25, -0.2) is 8.78 Å². The molecule has 0 unspecified atom stereocenters. The molecule has 116 valence electrons. The van der Waals surface area contributed by atoms with E-state index in [-0.39, 0.29) is 11.1 Å². The zero-order valence-electron chi connectivity index (χ0n) is 13.6. The van der Waals surface area contributed by atoms with Gasteiger partial charge in [-0.2, -0.15) is 0 Å². The number of benzene rings is 1. The number of carbonyl (C=O) groups is 1. The zero-order valence-corrected chi connectivity index (χ0v) is 13.6. The summed E-state index contributed by atoms with van der Waals surface area (Å²) in [5, 5.41) is 2.60. The molecule has 2 nitrogen and oxygen atoms in total. The fourth-order valence-corrected chi connectivity index (χ4v) is 1.08. The van der Waals surface area contributed by atoms with E-state index in [1.807, 2.05) is 48.5 Å². The molecule has 1 N–H and O–H groups in total. The smallest absolute Gasteiger partial charge is 0.263 e. The van der Waals surface area contributed by atoms with E-state index in [4.69, 9.17) is 0 Å². The monoisotopic (exact) mass is 287 g/mol. The highest BCUT2D eigenvalue weighted by Gasteiger charge is 2.06. The van der Waals surface area contributed by atoms with Crippen molar-refractivity contribution in [3.05, 3.63) is 34.9 Å². The fraction of sp³-hybridized carbons (Fsp3) is 0.562. The van der Waals surface area contributed by atoms with E-state index < -0.39 is 6.43 Å². The molecule has 0 aliphatic carbocycles. The minimum absolute atomic E-state index is 0.0677. The van der Waals surface area contributed by atoms with Crippen molar-refractivity contribution in [3.63, 3.8) is 0 Å². The van der Waals surface area contributed by atoms with Crippen molar-refractivity contribution < 1.29 is 13.6 Å². The summed E-state index contributed by atoms with van der Waals surface area (Å²) >= 11 is 0. The Bertz CT molecular complexity index is 385. The third kappa shape index (κ3) is 10.5. The van der Waals surface area contributed by atoms with Crippen LogP contribution in [0.3, 0.4) is 0 Å². The van der Waals surface area contributed by atoms with Crippen LogP contribution in [0.4, 0.5) is 8.78 Å². The quantitative estimate of drug-likeness (QED) is 0.778. The molecule has 0 saturated carbocycles. The molecule has 0 fully saturated rings. The Labute approximate surface area is 121 Å². The van der Waals surface area contributed by atoms with Crippen LogP contribution in [0, 0.1) is 13.8 Å². The molecule has 0 aromatic heterocycles. The molecule has 1 aromatic rings. The Morgan fingerprint density at radius 3 is 1.85 bits per heavy atom. The lowest BCUT2D eigenvalue weighted by Gasteiger charge is -2.15. The summed E-state index contributed by atoms with van der Waals surface area (Å²) in [5.41, 5.74) is 2.01. The van der Waals surface area contributed by atoms with E-state index in [0.717, 1.165) is 11.1 Å². The number of aryl methyl sites for hydroxylation is 2. The summed E-state index contributed by atoms with van der Waals surface area (Å²) in [6, 6.07) is 4.71. The topological polar surface area (TPSA) is 29.1 Å². The number of hydrogen-bond acceptors (Lipinski definition) is 1. The van der Waals surface area contributed by atoms with Crippen LogP contribution in [-0.4, -0.2) is 11.9 Å². The molecule has 0 radical (unpaired) electrons. The minimum Gasteiger partial charge on any atom is -0.354 e. The normalized spacial score (nSPS) is 9.90. The average Bonchev–Trinajstić information content (AvgIpc) is 2.34. The first-order chi connectivity index (χ1) is 9.17. The molecule has 1 aromatic carbocycles. The zero-order chi connectivity index (χ0) is 16.3. The first kappa shape index (κ1) is 20.9. The highest BCUT2D eigenvalue weighted by atomic mass is 19.3. The SMILES string of the molecule is CC.CC(C)(C)NC=O.Cc1ccc(C(F)F)cc1C. The van der Waals surface area contributed by atoms with Crippen molar-refractivity contribution >= 4 is 6.41 Å². The number of rotatable bonds is 2. The number of alkyl halides is 2. The van der Waals surface area contributed by atoms with E-state index in [9.17, 15) is 13.6 Å². The fourth-order valence-electron chi connectivity index (χ4n) is 1.08. The van der Waals surface area contributed by atoms with E-state index in [0.29, 0.717) is 6.41 Å². The number of carbonyl (C=O) groups excluding carboxylic acids is 1. The van der Waals surface area contributed by atoms with Crippen LogP contribution in [0.5, 0.6) is 0 Å². The second-order valence-electron chi connectivity index (χ2n) is 5.16. The van der Waals surface area contributed by atoms with E-state index in [1.165, 1.54) is 12.1 Å². The van der Waals surface area contributed by atoms with Gasteiger partial charge in [-0.3, -0.25) is 4.79 Å². The van der Waals surface area contributed by atoms with Gasteiger partial charge in [0, 0.05) is 11.1 Å². The maximum Gasteiger partial charge on any atom is 0.263 e. The standard InChI is InChI=1S/C9H10F2.C5H11NO.C2H6/c1-6-3-4-8(9(10)11)5-7(6)2;1-5(2,3)6-4-7;1-2/h3-5,9H,1-2H3;4H,1-3H3,(H,6,7);1-2H3. The molecule has 0 heterocycles. The van der Waals surface area contributed by atoms with Gasteiger partial charge in [0.15, 0.2) is 0 Å². The first-order valence-electron chi connectivity index (χ1n) is 6.74. The Kier molecular flexibility index (Phi) is 10.8. The molecular formula is C16H27F2NO. The predicted molar refractivity (Wildman–Crippen MR) is 81.2 cm³/mol. The van der Waals surface area contributed by atoms with Crippen LogP contribution < -0.4 is 5.32 Å². The summed E-state index contributed by atoms with van der Waals surface area (Å²) in [4.78, 5) is 9.71. The molecule has 20 heavy (non-hydrogen) atoms. The van der Waals surface area contributed by atoms with Gasteiger partial charge in [0.05, 0.1) is 0 Å². The lowest BCUT2D eigenvalue weighted by Crippen LogP contribution is -2.34. The second kappa shape index (κ2) is 10.4. The molecule has 0 spiro atoms. The van der Waals surface area contributed by atoms with Gasteiger partial charge in [-0.05, 0) is 45.7 Å². The molecule has 0 aliphatic rings. The number of amides is 1. The van der Waals surface area contributed by atoms with E-state index in [2.05, 4.69) is 5.32 Å². The summed E-state index contributed by atoms with van der Waals surface area (Å²) in [6.45, 7) is 13.5. The summed E-state index contributed by atoms with van der Waals surface area (Å²) in [7, 11) is 0. The van der Waals surface area contributed by atoms with Crippen LogP contribution in [0.2, 0.25) is 0 Å². The van der Waals surface area contributed by atoms with Gasteiger partial charge >= 0.3 is 0 Å². The van der Waals surface area contributed by atoms with Crippen molar-refractivity contribution in [3.8, 4) is 0 Å². The largest absolute Gasteiger partial charge is 0.354 e. The lowest BCUT2D eigenvalue weighted by molar-refractivity contribution is -0.110. The van der Waals surface area contributed by atoms with Crippen molar-refractivity contribution in [1.29, 1.82) is 0 Å². The third-order valence-corrected chi connectivity index (χ3v) is 2.27. The first-order valence-corrected chi connectivity index (χ1v) is 6.74. The Hall–Kier alpha value is -1.45. The van der Waals surface area contributed by atoms with Gasteiger partial charge in [-0.1, -0.05) is 32.0 Å². The van der Waals surface area contributed by atoms with Crippen LogP contribution >= 0.6 is 0 Å². The third-order valence-electron chi connectivity index (χ3n) is 2.27. The molecular weight excluding hydrogens is 260 g/mol. The van der Waals surface area contributed by atoms with Crippen LogP contribution in [-0.2, 0) is 4.79 Å². The van der Waals surface area contributed by atoms with E-state index >= 15 is 0 Å². The molecule has 4 heteroatoms. The second-order valence-corrected chi connectivity index (χ2v) is 5.16. The number of hydrogen-bond donors (Lipinski definition) is 1. The Morgan fingerprint density at radius 2 is 1.60 bits per heavy atom. The van der Waals surface area contributed by atoms with Gasteiger partial charge in [0.2, 0.25) is 6.41 Å². The highest BCUT2D eigenvalue weighted by molar-refractivity contribution is 5.47. The van der Waals surface area contributed by atoms with Crippen molar-refractivity contribution in [1.82, 2.24) is 5.32 Å². The summed E-state index contributed by atoms with van der Waals surface area (Å²) in [6.07, 6.45) is -1.64. The van der Waals surface area contributed by atoms with Crippen molar-refractivity contribution in [2.24, 2.45) is 0 Å². The average molecular weight is 287 g/mol. The maximum atomic E-state index is 12.1. The lowest BCUT2D eigenvalue weighted by atomic mass is 10.1. The van der Waals surface area contributed by atoms with E-state index in [1.54, 1.807) is 6.07 Å². The van der Waals surface area contributed by atoms with Gasteiger partial charge in [-0.15, -0.1) is 0 Å². The summed E-state index contributed by atoms with van der Waals surface area (Å²) in [5.74, 6) is 0. The molecule has 0 saturated heterocycles. The van der Waals surface area contributed by atoms with Gasteiger partial charge in [0.1, 0.15) is 0 Å². The molecule has 0 bridgehead atoms. The molecule has 1 amide bonds. The highest BCUT2D eigenvalue weighted by Crippen LogP contribution is 2.20. The predicted octanol–water partition coefficient (Wildman–Crippen LogP) is 4.80. The molecule has 1 rings (SSSR count).